The predicted octanol–water partition coefficient (Wildman–Crippen LogP) is -3.29. The first kappa shape index (κ1) is 32.6. The molecule has 0 saturated carbocycles. The summed E-state index contributed by atoms with van der Waals surface area (Å²) in [6.45, 7) is 1.30. The lowest BCUT2D eigenvalue weighted by molar-refractivity contribution is -0.142. The lowest BCUT2D eigenvalue weighted by atomic mass is 10.0. The highest BCUT2D eigenvalue weighted by Crippen LogP contribution is 2.12. The first-order valence-electron chi connectivity index (χ1n) is 11.8. The molecule has 0 fully saturated rings. The van der Waals surface area contributed by atoms with Gasteiger partial charge in [0.05, 0.1) is 18.6 Å². The Labute approximate surface area is 223 Å². The Balaban J connectivity index is 3.11. The van der Waals surface area contributed by atoms with E-state index in [9.17, 15) is 39.3 Å². The van der Waals surface area contributed by atoms with E-state index in [1.54, 1.807) is 0 Å². The van der Waals surface area contributed by atoms with Crippen LogP contribution in [0.15, 0.2) is 29.3 Å². The van der Waals surface area contributed by atoms with Crippen LogP contribution in [-0.4, -0.2) is 92.9 Å². The number of guanidine groups is 1. The van der Waals surface area contributed by atoms with Crippen LogP contribution in [0.5, 0.6) is 5.75 Å². The molecule has 16 nitrogen and oxygen atoms in total. The van der Waals surface area contributed by atoms with Gasteiger partial charge < -0.3 is 53.6 Å². The lowest BCUT2D eigenvalue weighted by Crippen LogP contribution is -2.60. The van der Waals surface area contributed by atoms with Crippen molar-refractivity contribution in [3.63, 3.8) is 0 Å². The molecular formula is C23H35N7O9. The van der Waals surface area contributed by atoms with Crippen LogP contribution in [0.25, 0.3) is 0 Å². The van der Waals surface area contributed by atoms with Crippen molar-refractivity contribution in [1.82, 2.24) is 16.0 Å². The van der Waals surface area contributed by atoms with Crippen molar-refractivity contribution in [3.8, 4) is 5.75 Å². The van der Waals surface area contributed by atoms with Gasteiger partial charge in [-0.3, -0.25) is 24.2 Å². The molecule has 1 aromatic rings. The van der Waals surface area contributed by atoms with Gasteiger partial charge >= 0.3 is 11.9 Å². The van der Waals surface area contributed by atoms with Crippen molar-refractivity contribution >= 4 is 35.6 Å². The fourth-order valence-corrected chi connectivity index (χ4v) is 3.32. The molecule has 13 N–H and O–H groups in total. The van der Waals surface area contributed by atoms with Crippen molar-refractivity contribution in [2.24, 2.45) is 22.2 Å². The van der Waals surface area contributed by atoms with Crippen LogP contribution in [0, 0.1) is 0 Å². The third-order valence-electron chi connectivity index (χ3n) is 5.36. The molecule has 0 radical (unpaired) electrons. The summed E-state index contributed by atoms with van der Waals surface area (Å²) in [5.74, 6) is -5.85. The van der Waals surface area contributed by atoms with E-state index in [0.29, 0.717) is 5.56 Å². The second-order valence-corrected chi connectivity index (χ2v) is 8.71. The summed E-state index contributed by atoms with van der Waals surface area (Å²) in [7, 11) is 0. The zero-order valence-electron chi connectivity index (χ0n) is 21.2. The molecule has 3 amide bonds. The van der Waals surface area contributed by atoms with E-state index in [-0.39, 0.29) is 37.5 Å². The summed E-state index contributed by atoms with van der Waals surface area (Å²) in [5, 5.41) is 44.8. The number of nitrogens with one attached hydrogen (secondary N) is 3. The first-order chi connectivity index (χ1) is 18.2. The molecule has 0 bridgehead atoms. The monoisotopic (exact) mass is 553 g/mol. The Morgan fingerprint density at radius 1 is 0.923 bits per heavy atom. The number of carbonyl (C=O) groups is 5. The largest absolute Gasteiger partial charge is 0.508 e. The Bertz CT molecular complexity index is 1040. The molecule has 39 heavy (non-hydrogen) atoms. The number of hydrogen-bond acceptors (Lipinski definition) is 9. The average molecular weight is 554 g/mol. The maximum Gasteiger partial charge on any atom is 0.326 e. The van der Waals surface area contributed by atoms with Gasteiger partial charge in [0.15, 0.2) is 5.96 Å². The van der Waals surface area contributed by atoms with E-state index >= 15 is 0 Å². The third-order valence-corrected chi connectivity index (χ3v) is 5.36. The van der Waals surface area contributed by atoms with E-state index in [1.807, 2.05) is 0 Å². The van der Waals surface area contributed by atoms with Crippen molar-refractivity contribution < 1.29 is 44.4 Å². The number of aliphatic hydroxyl groups excluding tert-OH is 1. The van der Waals surface area contributed by atoms with Gasteiger partial charge in [0.25, 0.3) is 0 Å². The topological polar surface area (TPSA) is 293 Å². The molecule has 5 atom stereocenters. The fraction of sp³-hybridized carbons (Fsp3) is 0.478. The SMILES string of the molecule is CC(O)C(NC(=O)C(N)CC(=O)O)C(=O)NC(Cc1ccc(O)cc1)C(=O)NC(CCCN=C(N)N)C(=O)O. The number of carboxylic acids is 2. The van der Waals surface area contributed by atoms with Gasteiger partial charge in [0.1, 0.15) is 23.9 Å². The molecule has 0 aliphatic carbocycles. The van der Waals surface area contributed by atoms with Crippen molar-refractivity contribution in [1.29, 1.82) is 0 Å². The van der Waals surface area contributed by atoms with E-state index in [1.165, 1.54) is 31.2 Å². The van der Waals surface area contributed by atoms with Crippen molar-refractivity contribution in [2.75, 3.05) is 6.54 Å². The van der Waals surface area contributed by atoms with Gasteiger partial charge in [0.2, 0.25) is 17.7 Å². The Morgan fingerprint density at radius 3 is 2.03 bits per heavy atom. The van der Waals surface area contributed by atoms with Crippen LogP contribution in [-0.2, 0) is 30.4 Å². The molecule has 1 rings (SSSR count). The molecule has 5 unspecified atom stereocenters. The number of aromatic hydroxyl groups is 1. The number of rotatable bonds is 16. The molecule has 1 aromatic carbocycles. The number of carboxylic acid groups (broad SMARTS) is 2. The molecule has 0 aliphatic heterocycles. The number of phenolic OH excluding ortho intramolecular Hbond substituents is 1. The molecule has 0 heterocycles. The molecule has 216 valence electrons. The highest BCUT2D eigenvalue weighted by molar-refractivity contribution is 5.95. The number of phenols is 1. The van der Waals surface area contributed by atoms with Crippen LogP contribution in [0.1, 0.15) is 31.7 Å². The molecule has 0 aliphatic rings. The summed E-state index contributed by atoms with van der Waals surface area (Å²) >= 11 is 0. The van der Waals surface area contributed by atoms with Crippen molar-refractivity contribution in [2.45, 2.75) is 62.9 Å². The highest BCUT2D eigenvalue weighted by Gasteiger charge is 2.33. The van der Waals surface area contributed by atoms with Gasteiger partial charge in [-0.1, -0.05) is 12.1 Å². The van der Waals surface area contributed by atoms with Gasteiger partial charge in [0, 0.05) is 13.0 Å². The minimum absolute atomic E-state index is 0.0362. The van der Waals surface area contributed by atoms with Gasteiger partial charge in [-0.25, -0.2) is 4.79 Å². The van der Waals surface area contributed by atoms with Crippen LogP contribution in [0.4, 0.5) is 0 Å². The maximum absolute atomic E-state index is 13.1. The van der Waals surface area contributed by atoms with Crippen LogP contribution < -0.4 is 33.2 Å². The second-order valence-electron chi connectivity index (χ2n) is 8.71. The maximum atomic E-state index is 13.1. The van der Waals surface area contributed by atoms with Crippen molar-refractivity contribution in [3.05, 3.63) is 29.8 Å². The van der Waals surface area contributed by atoms with E-state index in [0.717, 1.165) is 0 Å². The predicted molar refractivity (Wildman–Crippen MR) is 137 cm³/mol. The third kappa shape index (κ3) is 12.1. The van der Waals surface area contributed by atoms with E-state index in [4.69, 9.17) is 22.3 Å². The number of hydrogen-bond donors (Lipinski definition) is 10. The highest BCUT2D eigenvalue weighted by atomic mass is 16.4. The molecule has 16 heteroatoms. The number of nitrogens with zero attached hydrogens (tertiary/aromatic N) is 1. The zero-order valence-corrected chi connectivity index (χ0v) is 21.2. The molecule has 0 aromatic heterocycles. The second kappa shape index (κ2) is 15.7. The molecular weight excluding hydrogens is 518 g/mol. The van der Waals surface area contributed by atoms with E-state index in [2.05, 4.69) is 20.9 Å². The quantitative estimate of drug-likeness (QED) is 0.0547. The molecule has 0 spiro atoms. The Morgan fingerprint density at radius 2 is 1.51 bits per heavy atom. The number of carbonyl (C=O) groups excluding carboxylic acids is 3. The minimum atomic E-state index is -1.62. The van der Waals surface area contributed by atoms with Crippen LogP contribution in [0.2, 0.25) is 0 Å². The first-order valence-corrected chi connectivity index (χ1v) is 11.8. The number of aliphatic hydroxyl groups is 1. The Hall–Kier alpha value is -4.44. The van der Waals surface area contributed by atoms with Gasteiger partial charge in [-0.2, -0.15) is 0 Å². The smallest absolute Gasteiger partial charge is 0.326 e. The Kier molecular flexibility index (Phi) is 13.1. The summed E-state index contributed by atoms with van der Waals surface area (Å²) < 4.78 is 0. The zero-order chi connectivity index (χ0) is 29.7. The fourth-order valence-electron chi connectivity index (χ4n) is 3.32. The minimum Gasteiger partial charge on any atom is -0.508 e. The normalized spacial score (nSPS) is 14.5. The summed E-state index contributed by atoms with van der Waals surface area (Å²) in [6.07, 6.45) is -2.18. The number of aliphatic imine (C=N–C) groups is 1. The number of aliphatic carboxylic acids is 2. The lowest BCUT2D eigenvalue weighted by Gasteiger charge is -2.26. The van der Waals surface area contributed by atoms with Crippen LogP contribution >= 0.6 is 0 Å². The van der Waals surface area contributed by atoms with Gasteiger partial charge in [-0.05, 0) is 37.5 Å². The molecule has 0 saturated heterocycles. The van der Waals surface area contributed by atoms with Crippen LogP contribution in [0.3, 0.4) is 0 Å². The van der Waals surface area contributed by atoms with Gasteiger partial charge in [-0.15, -0.1) is 0 Å². The number of benzene rings is 1. The number of amides is 3. The number of nitrogens with two attached hydrogens (primary N) is 3. The van der Waals surface area contributed by atoms with E-state index < -0.39 is 66.4 Å². The summed E-state index contributed by atoms with van der Waals surface area (Å²) in [4.78, 5) is 64.6. The summed E-state index contributed by atoms with van der Waals surface area (Å²) in [6, 6.07) is -0.226. The standard InChI is InChI=1S/C23H35N7O9/c1-11(31)18(30-19(35)14(24)10-17(33)34)21(37)29-16(9-12-4-6-13(32)7-5-12)20(36)28-15(22(38)39)3-2-8-27-23(25)26/h4-7,11,14-16,18,31-32H,2-3,8-10,24H2,1H3,(H,28,36)(H,29,37)(H,30,35)(H,33,34)(H,38,39)(H4,25,26,27). The average Bonchev–Trinajstić information content (AvgIpc) is 2.83. The summed E-state index contributed by atoms with van der Waals surface area (Å²) in [5.41, 5.74) is 16.5.